The van der Waals surface area contributed by atoms with Crippen molar-refractivity contribution in [3.63, 3.8) is 0 Å². The lowest BCUT2D eigenvalue weighted by Crippen LogP contribution is -2.45. The van der Waals surface area contributed by atoms with Gasteiger partial charge in [0.05, 0.1) is 0 Å². The first-order valence-electron chi connectivity index (χ1n) is 9.38. The maximum atomic E-state index is 13.0. The summed E-state index contributed by atoms with van der Waals surface area (Å²) in [7, 11) is 0. The molecule has 0 spiro atoms. The molecule has 7 nitrogen and oxygen atoms in total. The van der Waals surface area contributed by atoms with Gasteiger partial charge in [-0.1, -0.05) is 44.2 Å². The molecule has 0 bridgehead atoms. The predicted octanol–water partition coefficient (Wildman–Crippen LogP) is 2.77. The minimum absolute atomic E-state index is 0.00745. The molecule has 2 unspecified atom stereocenters. The van der Waals surface area contributed by atoms with Gasteiger partial charge in [0.1, 0.15) is 12.1 Å². The molecule has 144 valence electrons. The molecule has 1 fully saturated rings. The molecular weight excluding hydrogens is 344 g/mol. The zero-order valence-electron chi connectivity index (χ0n) is 16.0. The van der Waals surface area contributed by atoms with Crippen molar-refractivity contribution < 1.29 is 14.0 Å². The smallest absolute Gasteiger partial charge is 0.243 e. The van der Waals surface area contributed by atoms with E-state index in [1.807, 2.05) is 30.3 Å². The van der Waals surface area contributed by atoms with Crippen LogP contribution in [0.5, 0.6) is 0 Å². The van der Waals surface area contributed by atoms with Gasteiger partial charge in [0, 0.05) is 19.9 Å². The van der Waals surface area contributed by atoms with E-state index in [0.29, 0.717) is 43.5 Å². The first kappa shape index (κ1) is 19.1. The van der Waals surface area contributed by atoms with Crippen LogP contribution in [0.2, 0.25) is 0 Å². The quantitative estimate of drug-likeness (QED) is 0.810. The van der Waals surface area contributed by atoms with Crippen LogP contribution in [-0.2, 0) is 16.1 Å². The van der Waals surface area contributed by atoms with Gasteiger partial charge in [0.2, 0.25) is 23.6 Å². The highest BCUT2D eigenvalue weighted by Gasteiger charge is 2.37. The third-order valence-corrected chi connectivity index (χ3v) is 4.69. The Labute approximate surface area is 159 Å². The molecule has 1 N–H and O–H groups in total. The monoisotopic (exact) mass is 370 g/mol. The van der Waals surface area contributed by atoms with Gasteiger partial charge < -0.3 is 14.6 Å². The Morgan fingerprint density at radius 2 is 2.04 bits per heavy atom. The maximum absolute atomic E-state index is 13.0. The second-order valence-electron chi connectivity index (χ2n) is 7.41. The Morgan fingerprint density at radius 3 is 2.67 bits per heavy atom. The van der Waals surface area contributed by atoms with Crippen molar-refractivity contribution in [1.82, 2.24) is 20.4 Å². The molecule has 1 aliphatic rings. The Morgan fingerprint density at radius 1 is 1.30 bits per heavy atom. The summed E-state index contributed by atoms with van der Waals surface area (Å²) in [5, 5.41) is 11.0. The molecule has 0 aliphatic carbocycles. The van der Waals surface area contributed by atoms with Crippen molar-refractivity contribution in [1.29, 1.82) is 0 Å². The van der Waals surface area contributed by atoms with E-state index in [1.165, 1.54) is 0 Å². The van der Waals surface area contributed by atoms with E-state index in [9.17, 15) is 9.59 Å². The first-order chi connectivity index (χ1) is 12.9. The number of aryl methyl sites for hydroxylation is 1. The van der Waals surface area contributed by atoms with Gasteiger partial charge in [0.25, 0.3) is 0 Å². The number of nitrogens with zero attached hydrogens (tertiary/aromatic N) is 3. The second kappa shape index (κ2) is 8.33. The molecule has 1 aromatic heterocycles. The number of carbonyl (C=O) groups excluding carboxylic acids is 2. The summed E-state index contributed by atoms with van der Waals surface area (Å²) in [6, 6.07) is 8.89. The Balaban J connectivity index is 1.73. The van der Waals surface area contributed by atoms with Crippen LogP contribution in [-0.4, -0.2) is 33.0 Å². The van der Waals surface area contributed by atoms with E-state index in [0.717, 1.165) is 5.56 Å². The van der Waals surface area contributed by atoms with Crippen LogP contribution in [0.4, 0.5) is 0 Å². The fourth-order valence-electron chi connectivity index (χ4n) is 3.40. The van der Waals surface area contributed by atoms with E-state index in [2.05, 4.69) is 29.4 Å². The lowest BCUT2D eigenvalue weighted by atomic mass is 10.0. The van der Waals surface area contributed by atoms with Crippen LogP contribution in [0.1, 0.15) is 56.5 Å². The number of hydrogen-bond donors (Lipinski definition) is 1. The predicted molar refractivity (Wildman–Crippen MR) is 99.4 cm³/mol. The minimum atomic E-state index is -0.476. The summed E-state index contributed by atoms with van der Waals surface area (Å²) in [4.78, 5) is 27.0. The molecular formula is C20H26N4O3. The Bertz CT molecular complexity index is 788. The number of carbonyl (C=O) groups is 2. The van der Waals surface area contributed by atoms with Crippen LogP contribution >= 0.6 is 0 Å². The van der Waals surface area contributed by atoms with Crippen LogP contribution in [0.3, 0.4) is 0 Å². The highest BCUT2D eigenvalue weighted by Crippen LogP contribution is 2.25. The van der Waals surface area contributed by atoms with Gasteiger partial charge in [-0.15, -0.1) is 10.2 Å². The molecule has 2 heterocycles. The standard InChI is InChI=1S/C20H26N4O3/c1-13(2)11-16(20-23-22-14(3)27-20)21-19(26)17-9-10-18(25)24(17)12-15-7-5-4-6-8-15/h4-8,13,16-17H,9-12H2,1-3H3,(H,21,26). The SMILES string of the molecule is Cc1nnc(C(CC(C)C)NC(=O)C2CCC(=O)N2Cc2ccccc2)o1. The van der Waals surface area contributed by atoms with E-state index < -0.39 is 6.04 Å². The zero-order valence-corrected chi connectivity index (χ0v) is 16.0. The van der Waals surface area contributed by atoms with Crippen molar-refractivity contribution in [3.8, 4) is 0 Å². The van der Waals surface area contributed by atoms with Crippen LogP contribution in [0.15, 0.2) is 34.7 Å². The lowest BCUT2D eigenvalue weighted by Gasteiger charge is -2.26. The highest BCUT2D eigenvalue weighted by molar-refractivity contribution is 5.91. The molecule has 1 aromatic carbocycles. The molecule has 27 heavy (non-hydrogen) atoms. The number of rotatable bonds is 7. The summed E-state index contributed by atoms with van der Waals surface area (Å²) in [5.74, 6) is 1.06. The highest BCUT2D eigenvalue weighted by atomic mass is 16.4. The Kier molecular flexibility index (Phi) is 5.88. The maximum Gasteiger partial charge on any atom is 0.243 e. The second-order valence-corrected chi connectivity index (χ2v) is 7.41. The van der Waals surface area contributed by atoms with Gasteiger partial charge in [-0.05, 0) is 24.3 Å². The molecule has 3 rings (SSSR count). The minimum Gasteiger partial charge on any atom is -0.423 e. The first-order valence-corrected chi connectivity index (χ1v) is 9.38. The number of nitrogens with one attached hydrogen (secondary N) is 1. The summed E-state index contributed by atoms with van der Waals surface area (Å²) in [6.45, 7) is 6.31. The molecule has 0 saturated carbocycles. The summed E-state index contributed by atoms with van der Waals surface area (Å²) < 4.78 is 5.54. The van der Waals surface area contributed by atoms with Crippen LogP contribution in [0.25, 0.3) is 0 Å². The van der Waals surface area contributed by atoms with Gasteiger partial charge in [-0.3, -0.25) is 9.59 Å². The number of benzene rings is 1. The van der Waals surface area contributed by atoms with Crippen LogP contribution < -0.4 is 5.32 Å². The van der Waals surface area contributed by atoms with E-state index in [-0.39, 0.29) is 17.9 Å². The van der Waals surface area contributed by atoms with Gasteiger partial charge >= 0.3 is 0 Å². The van der Waals surface area contributed by atoms with E-state index in [4.69, 9.17) is 4.42 Å². The fourth-order valence-corrected chi connectivity index (χ4v) is 3.40. The summed E-state index contributed by atoms with van der Waals surface area (Å²) in [5.41, 5.74) is 1.01. The normalized spacial score (nSPS) is 18.1. The number of hydrogen-bond acceptors (Lipinski definition) is 5. The molecule has 1 aliphatic heterocycles. The van der Waals surface area contributed by atoms with Crippen molar-refractivity contribution >= 4 is 11.8 Å². The summed E-state index contributed by atoms with van der Waals surface area (Å²) >= 11 is 0. The lowest BCUT2D eigenvalue weighted by molar-refractivity contribution is -0.136. The molecule has 7 heteroatoms. The van der Waals surface area contributed by atoms with Crippen molar-refractivity contribution in [2.45, 2.75) is 58.7 Å². The van der Waals surface area contributed by atoms with Crippen LogP contribution in [0, 0.1) is 12.8 Å². The molecule has 2 atom stereocenters. The number of likely N-dealkylation sites (tertiary alicyclic amines) is 1. The average Bonchev–Trinajstić information content (AvgIpc) is 3.21. The zero-order chi connectivity index (χ0) is 19.4. The summed E-state index contributed by atoms with van der Waals surface area (Å²) in [6.07, 6.45) is 1.60. The number of amides is 2. The van der Waals surface area contributed by atoms with Gasteiger partial charge in [-0.2, -0.15) is 0 Å². The van der Waals surface area contributed by atoms with Gasteiger partial charge in [0.15, 0.2) is 0 Å². The molecule has 2 amide bonds. The van der Waals surface area contributed by atoms with Crippen molar-refractivity contribution in [2.75, 3.05) is 0 Å². The third kappa shape index (κ3) is 4.72. The van der Waals surface area contributed by atoms with E-state index in [1.54, 1.807) is 11.8 Å². The van der Waals surface area contributed by atoms with Crippen molar-refractivity contribution in [3.05, 3.63) is 47.7 Å². The van der Waals surface area contributed by atoms with E-state index >= 15 is 0 Å². The largest absolute Gasteiger partial charge is 0.423 e. The van der Waals surface area contributed by atoms with Crippen molar-refractivity contribution in [2.24, 2.45) is 5.92 Å². The van der Waals surface area contributed by atoms with Gasteiger partial charge in [-0.25, -0.2) is 0 Å². The average molecular weight is 370 g/mol. The topological polar surface area (TPSA) is 88.3 Å². The Hall–Kier alpha value is -2.70. The molecule has 0 radical (unpaired) electrons. The molecule has 1 saturated heterocycles. The third-order valence-electron chi connectivity index (χ3n) is 4.69. The molecule has 2 aromatic rings. The number of aromatic nitrogens is 2. The fraction of sp³-hybridized carbons (Fsp3) is 0.500.